The standard InChI is InChI=1S/C18H21N3O4S/c1-14(22)21(3)16-11-9-15(10-12-16)19-18(23)13-20(2)26(24,25)17-7-5-4-6-8-17/h4-12H,13H2,1-3H3,(H,19,23). The van der Waals surface area contributed by atoms with Gasteiger partial charge in [-0.1, -0.05) is 18.2 Å². The third-order valence-corrected chi connectivity index (χ3v) is 5.65. The van der Waals surface area contributed by atoms with Gasteiger partial charge in [-0.15, -0.1) is 0 Å². The van der Waals surface area contributed by atoms with Gasteiger partial charge < -0.3 is 10.2 Å². The Morgan fingerprint density at radius 2 is 1.54 bits per heavy atom. The van der Waals surface area contributed by atoms with E-state index in [0.29, 0.717) is 11.4 Å². The van der Waals surface area contributed by atoms with Crippen molar-refractivity contribution in [2.45, 2.75) is 11.8 Å². The number of likely N-dealkylation sites (N-methyl/N-ethyl adjacent to an activating group) is 1. The highest BCUT2D eigenvalue weighted by Gasteiger charge is 2.22. The van der Waals surface area contributed by atoms with E-state index in [0.717, 1.165) is 4.31 Å². The van der Waals surface area contributed by atoms with Crippen LogP contribution in [0.5, 0.6) is 0 Å². The number of anilines is 2. The largest absolute Gasteiger partial charge is 0.325 e. The molecule has 0 unspecified atom stereocenters. The minimum absolute atomic E-state index is 0.102. The van der Waals surface area contributed by atoms with Gasteiger partial charge in [0.1, 0.15) is 0 Å². The Labute approximate surface area is 153 Å². The molecular weight excluding hydrogens is 354 g/mol. The average molecular weight is 375 g/mol. The molecule has 0 aliphatic carbocycles. The van der Waals surface area contributed by atoms with Crippen LogP contribution in [0, 0.1) is 0 Å². The Kier molecular flexibility index (Phi) is 6.12. The normalized spacial score (nSPS) is 11.2. The van der Waals surface area contributed by atoms with Gasteiger partial charge in [-0.05, 0) is 36.4 Å². The molecular formula is C18H21N3O4S. The molecule has 0 saturated carbocycles. The van der Waals surface area contributed by atoms with E-state index in [-0.39, 0.29) is 17.3 Å². The predicted molar refractivity (Wildman–Crippen MR) is 100 cm³/mol. The zero-order valence-electron chi connectivity index (χ0n) is 14.8. The van der Waals surface area contributed by atoms with Gasteiger partial charge in [-0.2, -0.15) is 4.31 Å². The van der Waals surface area contributed by atoms with Crippen LogP contribution in [0.15, 0.2) is 59.5 Å². The fraction of sp³-hybridized carbons (Fsp3) is 0.222. The van der Waals surface area contributed by atoms with Crippen LogP contribution in [0.25, 0.3) is 0 Å². The average Bonchev–Trinajstić information content (AvgIpc) is 2.62. The van der Waals surface area contributed by atoms with E-state index >= 15 is 0 Å². The lowest BCUT2D eigenvalue weighted by Gasteiger charge is -2.17. The summed E-state index contributed by atoms with van der Waals surface area (Å²) in [5.74, 6) is -0.561. The lowest BCUT2D eigenvalue weighted by atomic mass is 10.2. The number of carbonyl (C=O) groups is 2. The van der Waals surface area contributed by atoms with Crippen LogP contribution in [0.4, 0.5) is 11.4 Å². The second-order valence-electron chi connectivity index (χ2n) is 5.75. The molecule has 0 saturated heterocycles. The first-order valence-electron chi connectivity index (χ1n) is 7.87. The SMILES string of the molecule is CC(=O)N(C)c1ccc(NC(=O)CN(C)S(=O)(=O)c2ccccc2)cc1. The Morgan fingerprint density at radius 3 is 2.08 bits per heavy atom. The second-order valence-corrected chi connectivity index (χ2v) is 7.79. The highest BCUT2D eigenvalue weighted by atomic mass is 32.2. The summed E-state index contributed by atoms with van der Waals surface area (Å²) < 4.78 is 25.8. The van der Waals surface area contributed by atoms with E-state index in [4.69, 9.17) is 0 Å². The van der Waals surface area contributed by atoms with Gasteiger partial charge in [0.15, 0.2) is 0 Å². The summed E-state index contributed by atoms with van der Waals surface area (Å²) in [6, 6.07) is 14.6. The fourth-order valence-corrected chi connectivity index (χ4v) is 3.36. The van der Waals surface area contributed by atoms with Gasteiger partial charge in [-0.3, -0.25) is 9.59 Å². The van der Waals surface area contributed by atoms with E-state index < -0.39 is 15.9 Å². The summed E-state index contributed by atoms with van der Waals surface area (Å²) >= 11 is 0. The van der Waals surface area contributed by atoms with Crippen LogP contribution in [-0.4, -0.2) is 45.2 Å². The number of carbonyl (C=O) groups excluding carboxylic acids is 2. The van der Waals surface area contributed by atoms with Gasteiger partial charge in [0.25, 0.3) is 0 Å². The Hall–Kier alpha value is -2.71. The molecule has 0 atom stereocenters. The van der Waals surface area contributed by atoms with Gasteiger partial charge in [0, 0.05) is 32.4 Å². The number of sulfonamides is 1. The van der Waals surface area contributed by atoms with E-state index in [1.165, 1.54) is 31.0 Å². The summed E-state index contributed by atoms with van der Waals surface area (Å²) in [4.78, 5) is 25.1. The molecule has 0 radical (unpaired) electrons. The first-order chi connectivity index (χ1) is 12.2. The Balaban J connectivity index is 2.01. The van der Waals surface area contributed by atoms with Gasteiger partial charge >= 0.3 is 0 Å². The third-order valence-electron chi connectivity index (χ3n) is 3.83. The van der Waals surface area contributed by atoms with E-state index in [9.17, 15) is 18.0 Å². The maximum atomic E-state index is 12.4. The van der Waals surface area contributed by atoms with E-state index in [2.05, 4.69) is 5.32 Å². The van der Waals surface area contributed by atoms with Gasteiger partial charge in [-0.25, -0.2) is 8.42 Å². The zero-order valence-corrected chi connectivity index (χ0v) is 15.7. The smallest absolute Gasteiger partial charge is 0.243 e. The van der Waals surface area contributed by atoms with Crippen LogP contribution in [0.2, 0.25) is 0 Å². The molecule has 138 valence electrons. The maximum absolute atomic E-state index is 12.4. The zero-order chi connectivity index (χ0) is 19.3. The van der Waals surface area contributed by atoms with Crippen LogP contribution < -0.4 is 10.2 Å². The molecule has 7 nitrogen and oxygen atoms in total. The van der Waals surface area contributed by atoms with Gasteiger partial charge in [0.2, 0.25) is 21.8 Å². The Bertz CT molecular complexity index is 880. The van der Waals surface area contributed by atoms with Crippen LogP contribution >= 0.6 is 0 Å². The number of hydrogen-bond donors (Lipinski definition) is 1. The van der Waals surface area contributed by atoms with Crippen molar-refractivity contribution in [3.63, 3.8) is 0 Å². The van der Waals surface area contributed by atoms with Crippen molar-refractivity contribution in [2.24, 2.45) is 0 Å². The summed E-state index contributed by atoms with van der Waals surface area (Å²) in [7, 11) is -0.719. The molecule has 0 fully saturated rings. The van der Waals surface area contributed by atoms with E-state index in [1.54, 1.807) is 49.5 Å². The van der Waals surface area contributed by atoms with Crippen molar-refractivity contribution < 1.29 is 18.0 Å². The molecule has 8 heteroatoms. The quantitative estimate of drug-likeness (QED) is 0.836. The van der Waals surface area contributed by atoms with Crippen molar-refractivity contribution in [1.82, 2.24) is 4.31 Å². The number of benzene rings is 2. The second kappa shape index (κ2) is 8.11. The third kappa shape index (κ3) is 4.68. The molecule has 0 bridgehead atoms. The van der Waals surface area contributed by atoms with Crippen molar-refractivity contribution in [3.8, 4) is 0 Å². The molecule has 1 N–H and O–H groups in total. The molecule has 2 amide bonds. The lowest BCUT2D eigenvalue weighted by molar-refractivity contribution is -0.117. The van der Waals surface area contributed by atoms with Crippen LogP contribution in [0.1, 0.15) is 6.92 Å². The molecule has 0 aromatic heterocycles. The summed E-state index contributed by atoms with van der Waals surface area (Å²) in [6.45, 7) is 1.14. The number of hydrogen-bond acceptors (Lipinski definition) is 4. The molecule has 26 heavy (non-hydrogen) atoms. The monoisotopic (exact) mass is 375 g/mol. The van der Waals surface area contributed by atoms with Crippen LogP contribution in [-0.2, 0) is 19.6 Å². The number of amides is 2. The van der Waals surface area contributed by atoms with Crippen molar-refractivity contribution in [2.75, 3.05) is 30.9 Å². The molecule has 0 aliphatic heterocycles. The minimum atomic E-state index is -3.73. The lowest BCUT2D eigenvalue weighted by Crippen LogP contribution is -2.34. The number of nitrogens with zero attached hydrogens (tertiary/aromatic N) is 2. The highest BCUT2D eigenvalue weighted by molar-refractivity contribution is 7.89. The molecule has 2 rings (SSSR count). The Morgan fingerprint density at radius 1 is 0.962 bits per heavy atom. The first kappa shape index (κ1) is 19.6. The fourth-order valence-electron chi connectivity index (χ4n) is 2.21. The van der Waals surface area contributed by atoms with E-state index in [1.807, 2.05) is 0 Å². The van der Waals surface area contributed by atoms with Crippen molar-refractivity contribution in [3.05, 3.63) is 54.6 Å². The predicted octanol–water partition coefficient (Wildman–Crippen LogP) is 1.93. The summed E-state index contributed by atoms with van der Waals surface area (Å²) in [5, 5.41) is 2.64. The van der Waals surface area contributed by atoms with Crippen molar-refractivity contribution >= 4 is 33.2 Å². The van der Waals surface area contributed by atoms with Gasteiger partial charge in [0.05, 0.1) is 11.4 Å². The molecule has 0 aliphatic rings. The first-order valence-corrected chi connectivity index (χ1v) is 9.31. The maximum Gasteiger partial charge on any atom is 0.243 e. The summed E-state index contributed by atoms with van der Waals surface area (Å²) in [5.41, 5.74) is 1.21. The topological polar surface area (TPSA) is 86.8 Å². The minimum Gasteiger partial charge on any atom is -0.325 e. The molecule has 0 spiro atoms. The molecule has 2 aromatic rings. The van der Waals surface area contributed by atoms with Crippen molar-refractivity contribution in [1.29, 1.82) is 0 Å². The molecule has 0 heterocycles. The van der Waals surface area contributed by atoms with Crippen LogP contribution in [0.3, 0.4) is 0 Å². The number of nitrogens with one attached hydrogen (secondary N) is 1. The molecule has 2 aromatic carbocycles. The number of rotatable bonds is 6. The summed E-state index contributed by atoms with van der Waals surface area (Å²) in [6.07, 6.45) is 0. The highest BCUT2D eigenvalue weighted by Crippen LogP contribution is 2.17.